The van der Waals surface area contributed by atoms with Gasteiger partial charge in [0.2, 0.25) is 0 Å². The third-order valence-electron chi connectivity index (χ3n) is 3.82. The van der Waals surface area contributed by atoms with Crippen LogP contribution in [0, 0.1) is 5.92 Å². The van der Waals surface area contributed by atoms with Gasteiger partial charge in [-0.3, -0.25) is 4.79 Å². The highest BCUT2D eigenvalue weighted by Crippen LogP contribution is 2.25. The first-order valence-corrected chi connectivity index (χ1v) is 7.29. The number of ether oxygens (including phenoxy) is 1. The van der Waals surface area contributed by atoms with Gasteiger partial charge >= 0.3 is 5.97 Å². The summed E-state index contributed by atoms with van der Waals surface area (Å²) < 4.78 is 10.7. The Labute approximate surface area is 123 Å². The first-order valence-electron chi connectivity index (χ1n) is 7.29. The summed E-state index contributed by atoms with van der Waals surface area (Å²) in [5.74, 6) is -0.980. The number of carboxylic acid groups (broad SMARTS) is 1. The zero-order valence-electron chi connectivity index (χ0n) is 12.1. The van der Waals surface area contributed by atoms with E-state index in [2.05, 4.69) is 12.2 Å². The second-order valence-corrected chi connectivity index (χ2v) is 5.43. The maximum atomic E-state index is 11.7. The van der Waals surface area contributed by atoms with E-state index in [4.69, 9.17) is 14.3 Å². The average Bonchev–Trinajstić information content (AvgIpc) is 2.95. The minimum Gasteiger partial charge on any atom is -0.478 e. The van der Waals surface area contributed by atoms with E-state index in [1.165, 1.54) is 25.3 Å². The molecule has 0 bridgehead atoms. The number of amides is 1. The Kier molecular flexibility index (Phi) is 5.38. The molecule has 1 aliphatic carbocycles. The molecule has 2 N–H and O–H groups in total. The van der Waals surface area contributed by atoms with Gasteiger partial charge in [0.05, 0.1) is 18.3 Å². The molecule has 6 heteroatoms. The summed E-state index contributed by atoms with van der Waals surface area (Å²) >= 11 is 0. The molecule has 2 atom stereocenters. The zero-order chi connectivity index (χ0) is 15.2. The number of furan rings is 1. The van der Waals surface area contributed by atoms with Gasteiger partial charge in [0.25, 0.3) is 5.91 Å². The molecule has 0 saturated heterocycles. The second-order valence-electron chi connectivity index (χ2n) is 5.43. The molecule has 1 aromatic heterocycles. The van der Waals surface area contributed by atoms with Crippen molar-refractivity contribution in [2.45, 2.75) is 38.7 Å². The standard InChI is InChI=1S/C15H21NO5/c1-10-4-2-3-5-12(10)20-7-6-16-14(17)13-8-11(9-21-13)15(18)19/h8-10,12H,2-7H2,1H3,(H,16,17)(H,18,19). The third-order valence-corrected chi connectivity index (χ3v) is 3.82. The van der Waals surface area contributed by atoms with Crippen molar-refractivity contribution in [2.24, 2.45) is 5.92 Å². The van der Waals surface area contributed by atoms with Crippen molar-refractivity contribution in [1.29, 1.82) is 0 Å². The molecule has 1 amide bonds. The molecule has 6 nitrogen and oxygen atoms in total. The summed E-state index contributed by atoms with van der Waals surface area (Å²) in [6.07, 6.45) is 6.07. The molecular formula is C15H21NO5. The molecule has 116 valence electrons. The summed E-state index contributed by atoms with van der Waals surface area (Å²) in [4.78, 5) is 22.4. The molecule has 1 heterocycles. The van der Waals surface area contributed by atoms with Crippen LogP contribution in [0.15, 0.2) is 16.7 Å². The van der Waals surface area contributed by atoms with E-state index in [0.717, 1.165) is 12.7 Å². The van der Waals surface area contributed by atoms with Crippen molar-refractivity contribution in [2.75, 3.05) is 13.2 Å². The quantitative estimate of drug-likeness (QED) is 0.786. The fourth-order valence-corrected chi connectivity index (χ4v) is 2.56. The van der Waals surface area contributed by atoms with E-state index in [1.54, 1.807) is 0 Å². The smallest absolute Gasteiger partial charge is 0.338 e. The number of hydrogen-bond donors (Lipinski definition) is 2. The normalized spacial score (nSPS) is 22.0. The van der Waals surface area contributed by atoms with Gasteiger partial charge in [0, 0.05) is 12.6 Å². The molecule has 0 spiro atoms. The number of rotatable bonds is 6. The molecule has 1 fully saturated rings. The van der Waals surface area contributed by atoms with Gasteiger partial charge in [0.1, 0.15) is 6.26 Å². The predicted molar refractivity (Wildman–Crippen MR) is 75.4 cm³/mol. The second kappa shape index (κ2) is 7.26. The number of carbonyl (C=O) groups excluding carboxylic acids is 1. The first-order chi connectivity index (χ1) is 10.1. The molecule has 21 heavy (non-hydrogen) atoms. The van der Waals surface area contributed by atoms with Gasteiger partial charge in [0.15, 0.2) is 5.76 Å². The monoisotopic (exact) mass is 295 g/mol. The van der Waals surface area contributed by atoms with Crippen LogP contribution in [-0.2, 0) is 4.74 Å². The molecule has 2 unspecified atom stereocenters. The lowest BCUT2D eigenvalue weighted by Gasteiger charge is -2.28. The van der Waals surface area contributed by atoms with E-state index in [-0.39, 0.29) is 17.4 Å². The predicted octanol–water partition coefficient (Wildman–Crippen LogP) is 2.30. The molecular weight excluding hydrogens is 274 g/mol. The molecule has 0 aliphatic heterocycles. The van der Waals surface area contributed by atoms with Crippen molar-refractivity contribution < 1.29 is 23.8 Å². The summed E-state index contributed by atoms with van der Waals surface area (Å²) in [7, 11) is 0. The first kappa shape index (κ1) is 15.6. The molecule has 0 radical (unpaired) electrons. The Morgan fingerprint density at radius 3 is 2.86 bits per heavy atom. The lowest BCUT2D eigenvalue weighted by atomic mass is 9.88. The average molecular weight is 295 g/mol. The number of carboxylic acids is 1. The van der Waals surface area contributed by atoms with Crippen LogP contribution >= 0.6 is 0 Å². The Bertz CT molecular complexity index is 496. The van der Waals surface area contributed by atoms with Crippen molar-refractivity contribution in [3.8, 4) is 0 Å². The fraction of sp³-hybridized carbons (Fsp3) is 0.600. The molecule has 2 rings (SSSR count). The van der Waals surface area contributed by atoms with E-state index >= 15 is 0 Å². The maximum absolute atomic E-state index is 11.7. The number of nitrogens with one attached hydrogen (secondary N) is 1. The molecule has 1 aliphatic rings. The largest absolute Gasteiger partial charge is 0.478 e. The minimum absolute atomic E-state index is 0.00145. The van der Waals surface area contributed by atoms with Crippen LogP contribution in [-0.4, -0.2) is 36.2 Å². The van der Waals surface area contributed by atoms with Crippen LogP contribution in [0.2, 0.25) is 0 Å². The van der Waals surface area contributed by atoms with Gasteiger partial charge in [-0.1, -0.05) is 19.8 Å². The van der Waals surface area contributed by atoms with Crippen molar-refractivity contribution in [3.63, 3.8) is 0 Å². The number of carbonyl (C=O) groups is 2. The molecule has 1 saturated carbocycles. The Balaban J connectivity index is 1.70. The molecule has 1 aromatic rings. The van der Waals surface area contributed by atoms with Crippen LogP contribution in [0.25, 0.3) is 0 Å². The third kappa shape index (κ3) is 4.32. The highest BCUT2D eigenvalue weighted by Gasteiger charge is 2.21. The summed E-state index contributed by atoms with van der Waals surface area (Å²) in [5.41, 5.74) is -0.0348. The van der Waals surface area contributed by atoms with Gasteiger partial charge in [-0.25, -0.2) is 4.79 Å². The Morgan fingerprint density at radius 1 is 1.43 bits per heavy atom. The lowest BCUT2D eigenvalue weighted by Crippen LogP contribution is -2.31. The highest BCUT2D eigenvalue weighted by molar-refractivity contribution is 5.95. The van der Waals surface area contributed by atoms with Crippen molar-refractivity contribution >= 4 is 11.9 Å². The Morgan fingerprint density at radius 2 is 2.19 bits per heavy atom. The van der Waals surface area contributed by atoms with E-state index in [1.807, 2.05) is 0 Å². The summed E-state index contributed by atoms with van der Waals surface area (Å²) in [5, 5.41) is 11.4. The molecule has 0 aromatic carbocycles. The van der Waals surface area contributed by atoms with Crippen molar-refractivity contribution in [1.82, 2.24) is 5.32 Å². The van der Waals surface area contributed by atoms with Crippen molar-refractivity contribution in [3.05, 3.63) is 23.7 Å². The Hall–Kier alpha value is -1.82. The van der Waals surface area contributed by atoms with Crippen LogP contribution < -0.4 is 5.32 Å². The number of hydrogen-bond acceptors (Lipinski definition) is 4. The van der Waals surface area contributed by atoms with Crippen LogP contribution in [0.5, 0.6) is 0 Å². The van der Waals surface area contributed by atoms with Crippen LogP contribution in [0.3, 0.4) is 0 Å². The van der Waals surface area contributed by atoms with E-state index in [9.17, 15) is 9.59 Å². The van der Waals surface area contributed by atoms with Gasteiger partial charge in [-0.2, -0.15) is 0 Å². The highest BCUT2D eigenvalue weighted by atomic mass is 16.5. The maximum Gasteiger partial charge on any atom is 0.338 e. The van der Waals surface area contributed by atoms with Gasteiger partial charge in [-0.15, -0.1) is 0 Å². The zero-order valence-corrected chi connectivity index (χ0v) is 12.1. The van der Waals surface area contributed by atoms with Crippen LogP contribution in [0.4, 0.5) is 0 Å². The SMILES string of the molecule is CC1CCCCC1OCCNC(=O)c1cc(C(=O)O)co1. The summed E-state index contributed by atoms with van der Waals surface area (Å²) in [6, 6.07) is 1.21. The van der Waals surface area contributed by atoms with E-state index in [0.29, 0.717) is 19.1 Å². The topological polar surface area (TPSA) is 88.8 Å². The van der Waals surface area contributed by atoms with Gasteiger partial charge < -0.3 is 19.6 Å². The van der Waals surface area contributed by atoms with Crippen LogP contribution in [0.1, 0.15) is 53.5 Å². The number of aromatic carboxylic acids is 1. The fourth-order valence-electron chi connectivity index (χ4n) is 2.56. The lowest BCUT2D eigenvalue weighted by molar-refractivity contribution is -0.00300. The van der Waals surface area contributed by atoms with E-state index < -0.39 is 11.9 Å². The summed E-state index contributed by atoms with van der Waals surface area (Å²) in [6.45, 7) is 3.02. The van der Waals surface area contributed by atoms with Gasteiger partial charge in [-0.05, 0) is 18.8 Å². The minimum atomic E-state index is -1.12.